The molecule has 0 radical (unpaired) electrons. The van der Waals surface area contributed by atoms with Crippen LogP contribution in [0.25, 0.3) is 21.9 Å². The van der Waals surface area contributed by atoms with Crippen molar-refractivity contribution in [2.75, 3.05) is 0 Å². The second-order valence-corrected chi connectivity index (χ2v) is 26.9. The van der Waals surface area contributed by atoms with Crippen LogP contribution >= 0.6 is 0 Å². The molecule has 0 spiro atoms. The van der Waals surface area contributed by atoms with Gasteiger partial charge in [-0.2, -0.15) is 0 Å². The van der Waals surface area contributed by atoms with Crippen molar-refractivity contribution in [2.24, 2.45) is 35.0 Å². The van der Waals surface area contributed by atoms with Crippen molar-refractivity contribution in [3.8, 4) is 11.1 Å². The van der Waals surface area contributed by atoms with Crippen LogP contribution in [0.5, 0.6) is 0 Å². The molecular formula is C52H62Cl2Zr. The van der Waals surface area contributed by atoms with Crippen LogP contribution in [-0.4, -0.2) is 3.21 Å². The minimum Gasteiger partial charge on any atom is -1.00 e. The van der Waals surface area contributed by atoms with Crippen LogP contribution in [0.4, 0.5) is 0 Å². The molecule has 0 amide bonds. The van der Waals surface area contributed by atoms with E-state index < -0.39 is 21.3 Å². The molecule has 0 aromatic heterocycles. The Labute approximate surface area is 353 Å². The number of fused-ring (bicyclic) bond motifs is 4. The summed E-state index contributed by atoms with van der Waals surface area (Å²) in [6, 6.07) is 24.1. The summed E-state index contributed by atoms with van der Waals surface area (Å²) in [5, 5.41) is 2.71. The van der Waals surface area contributed by atoms with Crippen molar-refractivity contribution in [1.29, 1.82) is 0 Å². The normalized spacial score (nSPS) is 26.5. The second kappa shape index (κ2) is 14.3. The molecular weight excluding hydrogens is 787 g/mol. The van der Waals surface area contributed by atoms with Gasteiger partial charge in [0.2, 0.25) is 0 Å². The van der Waals surface area contributed by atoms with Crippen molar-refractivity contribution in [1.82, 2.24) is 0 Å². The van der Waals surface area contributed by atoms with E-state index in [1.165, 1.54) is 76.3 Å². The third-order valence-corrected chi connectivity index (χ3v) is 23.5. The Morgan fingerprint density at radius 2 is 1.33 bits per heavy atom. The van der Waals surface area contributed by atoms with Crippen molar-refractivity contribution in [2.45, 2.75) is 126 Å². The minimum atomic E-state index is -2.79. The van der Waals surface area contributed by atoms with Gasteiger partial charge in [0.05, 0.1) is 0 Å². The van der Waals surface area contributed by atoms with Gasteiger partial charge in [0.25, 0.3) is 0 Å². The first kappa shape index (κ1) is 41.1. The summed E-state index contributed by atoms with van der Waals surface area (Å²) in [5.41, 5.74) is 16.0. The van der Waals surface area contributed by atoms with Gasteiger partial charge < -0.3 is 24.8 Å². The van der Waals surface area contributed by atoms with Crippen molar-refractivity contribution in [3.05, 3.63) is 121 Å². The summed E-state index contributed by atoms with van der Waals surface area (Å²) in [7, 11) is 0. The third-order valence-electron chi connectivity index (χ3n) is 15.2. The van der Waals surface area contributed by atoms with Gasteiger partial charge in [-0.25, -0.2) is 0 Å². The standard InChI is InChI=1S/C23H29.C17H23.C12H10.2ClH.Zr/c1-14-9-16-11-17-10-15(2)21(23(6,7)8)13-19(17)18(16)12-20(14)22(3,4)5;1-11-3-4-14(5-11)17(2)15-7-12-6-13(9-15)10-16(17)8-12;1-2-10-7-8-11-5-3-4-6-12(11)9-10;;;/h9,12-13H,11H2,1-8H3;4-5,11-13,15-16H,6-10H2,1-2H3;3-9H,1H3;2*1H;/q;;;;;+2/p-2. The monoisotopic (exact) mass is 846 g/mol. The van der Waals surface area contributed by atoms with E-state index >= 15 is 0 Å². The molecule has 0 N–H and O–H groups in total. The van der Waals surface area contributed by atoms with E-state index in [9.17, 15) is 0 Å². The molecule has 1 unspecified atom stereocenters. The number of hydrogen-bond donors (Lipinski definition) is 0. The number of rotatable bonds is 4. The number of allylic oxidation sites excluding steroid dienone is 4. The fraction of sp³-hybridized carbons (Fsp3) is 0.481. The topological polar surface area (TPSA) is 0 Å². The molecule has 10 rings (SSSR count). The van der Waals surface area contributed by atoms with Gasteiger partial charge >= 0.3 is 331 Å². The number of aryl methyl sites for hydroxylation is 1. The Bertz CT molecular complexity index is 2270. The van der Waals surface area contributed by atoms with E-state index in [1.54, 1.807) is 28.7 Å². The van der Waals surface area contributed by atoms with Gasteiger partial charge in [-0.1, -0.05) is 0 Å². The van der Waals surface area contributed by atoms with Crippen LogP contribution < -0.4 is 28.1 Å². The Balaban J connectivity index is 0.00000233. The zero-order valence-corrected chi connectivity index (χ0v) is 39.3. The SMILES string of the molecule is C/[C](c1ccc2ccccc2c1)=[Zr+2](\[C]1=CC(C2(C)C3CC4CC(C3)CC2C4)=CC1C)[c]1c(C)c(C(C)(C)C)cc2c1Cc1cc(C)c(C(C)(C)C)cc1-2.[Cl-].[Cl-]. The van der Waals surface area contributed by atoms with Crippen LogP contribution in [0, 0.1) is 48.9 Å². The van der Waals surface area contributed by atoms with Gasteiger partial charge in [-0.3, -0.25) is 0 Å². The molecule has 0 saturated heterocycles. The van der Waals surface area contributed by atoms with Crippen LogP contribution in [-0.2, 0) is 38.5 Å². The Kier molecular flexibility index (Phi) is 10.7. The average Bonchev–Trinajstić information content (AvgIpc) is 3.65. The predicted molar refractivity (Wildman–Crippen MR) is 225 cm³/mol. The van der Waals surface area contributed by atoms with E-state index in [1.807, 2.05) is 3.28 Å². The van der Waals surface area contributed by atoms with E-state index in [0.29, 0.717) is 11.3 Å². The second-order valence-electron chi connectivity index (χ2n) is 20.6. The fourth-order valence-electron chi connectivity index (χ4n) is 12.6. The van der Waals surface area contributed by atoms with E-state index in [0.717, 1.165) is 30.1 Å². The van der Waals surface area contributed by atoms with Crippen LogP contribution in [0.1, 0.15) is 133 Å². The molecule has 0 heterocycles. The van der Waals surface area contributed by atoms with Crippen LogP contribution in [0.3, 0.4) is 0 Å². The quantitative estimate of drug-likeness (QED) is 0.182. The van der Waals surface area contributed by atoms with Gasteiger partial charge in [-0.15, -0.1) is 0 Å². The Morgan fingerprint density at radius 1 is 0.727 bits per heavy atom. The first-order chi connectivity index (χ1) is 25.0. The zero-order chi connectivity index (χ0) is 37.4. The van der Waals surface area contributed by atoms with Crippen molar-refractivity contribution < 1.29 is 46.1 Å². The molecule has 55 heavy (non-hydrogen) atoms. The summed E-state index contributed by atoms with van der Waals surface area (Å²) in [5.74, 6) is 4.23. The molecule has 4 saturated carbocycles. The molecule has 0 aliphatic heterocycles. The molecule has 0 nitrogen and oxygen atoms in total. The Hall–Kier alpha value is -2.05. The largest absolute Gasteiger partial charge is 1.00 e. The predicted octanol–water partition coefficient (Wildman–Crippen LogP) is 7.04. The molecule has 4 aromatic rings. The number of hydrogen-bond acceptors (Lipinski definition) is 0. The smallest absolute Gasteiger partial charge is 1.00 e. The van der Waals surface area contributed by atoms with Gasteiger partial charge in [0.1, 0.15) is 0 Å². The molecule has 1 atom stereocenters. The van der Waals surface area contributed by atoms with Gasteiger partial charge in [-0.05, 0) is 0 Å². The summed E-state index contributed by atoms with van der Waals surface area (Å²) < 4.78 is 5.30. The molecule has 288 valence electrons. The third kappa shape index (κ3) is 6.62. The summed E-state index contributed by atoms with van der Waals surface area (Å²) in [4.78, 5) is 0. The molecule has 4 bridgehead atoms. The molecule has 3 heteroatoms. The van der Waals surface area contributed by atoms with Gasteiger partial charge in [0, 0.05) is 0 Å². The van der Waals surface area contributed by atoms with E-state index in [4.69, 9.17) is 0 Å². The average molecular weight is 849 g/mol. The van der Waals surface area contributed by atoms with E-state index in [-0.39, 0.29) is 35.6 Å². The van der Waals surface area contributed by atoms with Crippen molar-refractivity contribution in [3.63, 3.8) is 0 Å². The van der Waals surface area contributed by atoms with Crippen LogP contribution in [0.15, 0.2) is 81.7 Å². The maximum absolute atomic E-state index is 2.87. The zero-order valence-electron chi connectivity index (χ0n) is 35.3. The molecule has 6 aliphatic rings. The molecule has 4 aromatic carbocycles. The number of halogens is 2. The molecule has 6 aliphatic carbocycles. The van der Waals surface area contributed by atoms with Crippen LogP contribution in [0.2, 0.25) is 0 Å². The Morgan fingerprint density at radius 3 is 1.95 bits per heavy atom. The molecule has 4 fully saturated rings. The summed E-state index contributed by atoms with van der Waals surface area (Å²) in [6.45, 7) is 27.2. The first-order valence-corrected chi connectivity index (χ1v) is 24.7. The maximum atomic E-state index is 2.87. The summed E-state index contributed by atoms with van der Waals surface area (Å²) >= 11 is -2.79. The minimum absolute atomic E-state index is 0. The van der Waals surface area contributed by atoms with E-state index in [2.05, 4.69) is 149 Å². The fourth-order valence-corrected chi connectivity index (χ4v) is 21.0. The maximum Gasteiger partial charge on any atom is -1.00 e. The number of benzene rings is 4. The summed E-state index contributed by atoms with van der Waals surface area (Å²) in [6.07, 6.45) is 14.1. The van der Waals surface area contributed by atoms with Gasteiger partial charge in [0.15, 0.2) is 0 Å². The van der Waals surface area contributed by atoms with Crippen molar-refractivity contribution >= 4 is 17.2 Å². The first-order valence-electron chi connectivity index (χ1n) is 21.0.